The van der Waals surface area contributed by atoms with Crippen LogP contribution in [0.2, 0.25) is 0 Å². The summed E-state index contributed by atoms with van der Waals surface area (Å²) in [4.78, 5) is 16.6. The molecule has 116 valence electrons. The lowest BCUT2D eigenvalue weighted by Crippen LogP contribution is -2.50. The first-order chi connectivity index (χ1) is 10.5. The van der Waals surface area contributed by atoms with Crippen LogP contribution in [0.3, 0.4) is 0 Å². The van der Waals surface area contributed by atoms with Crippen molar-refractivity contribution in [3.05, 3.63) is 35.7 Å². The van der Waals surface area contributed by atoms with E-state index in [0.29, 0.717) is 17.3 Å². The van der Waals surface area contributed by atoms with Gasteiger partial charge in [0.2, 0.25) is 0 Å². The van der Waals surface area contributed by atoms with Crippen molar-refractivity contribution in [2.24, 2.45) is 5.92 Å². The van der Waals surface area contributed by atoms with E-state index in [1.54, 1.807) is 12.1 Å². The number of amides is 1. The fraction of sp³-hybridized carbons (Fsp3) is 0.438. The van der Waals surface area contributed by atoms with Gasteiger partial charge < -0.3 is 10.4 Å². The number of aliphatic hydroxyl groups excluding tert-OH is 1. The van der Waals surface area contributed by atoms with Gasteiger partial charge in [-0.15, -0.1) is 0 Å². The van der Waals surface area contributed by atoms with Crippen LogP contribution in [0, 0.1) is 12.8 Å². The number of aromatic amines is 1. The smallest absolute Gasteiger partial charge is 0.251 e. The summed E-state index contributed by atoms with van der Waals surface area (Å²) in [5.74, 6) is 1.57. The third kappa shape index (κ3) is 2.87. The van der Waals surface area contributed by atoms with Crippen LogP contribution in [0.1, 0.15) is 35.9 Å². The zero-order valence-corrected chi connectivity index (χ0v) is 12.8. The number of H-pyrrole nitrogens is 1. The predicted molar refractivity (Wildman–Crippen MR) is 82.2 cm³/mol. The van der Waals surface area contributed by atoms with Gasteiger partial charge in [0, 0.05) is 11.1 Å². The van der Waals surface area contributed by atoms with Gasteiger partial charge in [0.25, 0.3) is 5.91 Å². The molecule has 3 rings (SSSR count). The van der Waals surface area contributed by atoms with Gasteiger partial charge in [0.1, 0.15) is 5.82 Å². The summed E-state index contributed by atoms with van der Waals surface area (Å²) in [5.41, 5.74) is 0.890. The molecule has 2 aromatic rings. The number of nitrogens with one attached hydrogen (secondary N) is 2. The number of rotatable bonds is 5. The predicted octanol–water partition coefficient (Wildman–Crippen LogP) is 1.67. The first kappa shape index (κ1) is 14.7. The van der Waals surface area contributed by atoms with E-state index in [1.165, 1.54) is 0 Å². The summed E-state index contributed by atoms with van der Waals surface area (Å²) >= 11 is 0. The van der Waals surface area contributed by atoms with E-state index < -0.39 is 5.54 Å². The number of benzene rings is 1. The minimum atomic E-state index is -0.531. The molecule has 1 aromatic heterocycles. The molecule has 3 N–H and O–H groups in total. The largest absolute Gasteiger partial charge is 0.394 e. The highest BCUT2D eigenvalue weighted by Gasteiger charge is 2.42. The maximum atomic E-state index is 12.3. The van der Waals surface area contributed by atoms with Crippen molar-refractivity contribution < 1.29 is 9.90 Å². The minimum absolute atomic E-state index is 0.0437. The van der Waals surface area contributed by atoms with Crippen molar-refractivity contribution in [1.29, 1.82) is 0 Å². The topological polar surface area (TPSA) is 90.9 Å². The Morgan fingerprint density at radius 3 is 2.59 bits per heavy atom. The Hall–Kier alpha value is -2.21. The molecule has 1 aliphatic rings. The number of carbonyl (C=O) groups excluding carboxylic acids is 1. The third-order valence-corrected chi connectivity index (χ3v) is 4.21. The van der Waals surface area contributed by atoms with Crippen LogP contribution in [0.5, 0.6) is 0 Å². The molecule has 1 aromatic carbocycles. The highest BCUT2D eigenvalue weighted by Crippen LogP contribution is 2.39. The van der Waals surface area contributed by atoms with Gasteiger partial charge >= 0.3 is 0 Å². The van der Waals surface area contributed by atoms with Crippen LogP contribution in [0.25, 0.3) is 11.4 Å². The first-order valence-electron chi connectivity index (χ1n) is 7.44. The van der Waals surface area contributed by atoms with E-state index in [0.717, 1.165) is 24.2 Å². The lowest BCUT2D eigenvalue weighted by molar-refractivity contribution is 0.0824. The van der Waals surface area contributed by atoms with E-state index in [9.17, 15) is 9.90 Å². The maximum Gasteiger partial charge on any atom is 0.251 e. The highest BCUT2D eigenvalue weighted by molar-refractivity contribution is 5.95. The molecule has 0 spiro atoms. The number of nitrogens with zero attached hydrogens (tertiary/aromatic N) is 2. The summed E-state index contributed by atoms with van der Waals surface area (Å²) in [7, 11) is 0. The Labute approximate surface area is 129 Å². The standard InChI is InChI=1S/C16H20N4O2/c1-10-17-14(20-19-10)11-3-5-12(6-4-11)15(22)18-16(2,9-21)13-7-8-13/h3-6,13,21H,7-9H2,1-2H3,(H,18,22)(H,17,19,20). The quantitative estimate of drug-likeness (QED) is 0.783. The van der Waals surface area contributed by atoms with E-state index in [4.69, 9.17) is 0 Å². The van der Waals surface area contributed by atoms with Crippen molar-refractivity contribution in [3.63, 3.8) is 0 Å². The van der Waals surface area contributed by atoms with E-state index in [2.05, 4.69) is 20.5 Å². The van der Waals surface area contributed by atoms with Gasteiger partial charge in [-0.3, -0.25) is 9.89 Å². The summed E-state index contributed by atoms with van der Waals surface area (Å²) in [6.45, 7) is 3.69. The molecule has 0 saturated heterocycles. The van der Waals surface area contributed by atoms with E-state index in [1.807, 2.05) is 26.0 Å². The molecule has 1 fully saturated rings. The summed E-state index contributed by atoms with van der Waals surface area (Å²) in [5, 5.41) is 19.4. The number of aliphatic hydroxyl groups is 1. The monoisotopic (exact) mass is 300 g/mol. The lowest BCUT2D eigenvalue weighted by Gasteiger charge is -2.28. The van der Waals surface area contributed by atoms with Crippen molar-refractivity contribution in [2.75, 3.05) is 6.61 Å². The highest BCUT2D eigenvalue weighted by atomic mass is 16.3. The van der Waals surface area contributed by atoms with Gasteiger partial charge in [0.05, 0.1) is 12.1 Å². The van der Waals surface area contributed by atoms with Crippen LogP contribution in [-0.2, 0) is 0 Å². The Balaban J connectivity index is 1.73. The molecule has 1 aliphatic carbocycles. The summed E-state index contributed by atoms with van der Waals surface area (Å²) in [6.07, 6.45) is 2.11. The summed E-state index contributed by atoms with van der Waals surface area (Å²) in [6, 6.07) is 7.15. The van der Waals surface area contributed by atoms with Crippen molar-refractivity contribution >= 4 is 5.91 Å². The molecule has 22 heavy (non-hydrogen) atoms. The SMILES string of the molecule is Cc1nc(-c2ccc(C(=O)NC(C)(CO)C3CC3)cc2)n[nH]1. The molecule has 0 bridgehead atoms. The van der Waals surface area contributed by atoms with Crippen molar-refractivity contribution in [2.45, 2.75) is 32.2 Å². The molecular weight excluding hydrogens is 280 g/mol. The van der Waals surface area contributed by atoms with Crippen LogP contribution in [-0.4, -0.2) is 38.3 Å². The molecular formula is C16H20N4O2. The van der Waals surface area contributed by atoms with E-state index >= 15 is 0 Å². The van der Waals surface area contributed by atoms with Gasteiger partial charge in [0.15, 0.2) is 5.82 Å². The molecule has 1 amide bonds. The number of hydrogen-bond donors (Lipinski definition) is 3. The second-order valence-electron chi connectivity index (χ2n) is 6.13. The maximum absolute atomic E-state index is 12.3. The van der Waals surface area contributed by atoms with Crippen LogP contribution >= 0.6 is 0 Å². The Bertz CT molecular complexity index is 676. The average molecular weight is 300 g/mol. The number of aromatic nitrogens is 3. The zero-order valence-electron chi connectivity index (χ0n) is 12.8. The van der Waals surface area contributed by atoms with Crippen molar-refractivity contribution in [1.82, 2.24) is 20.5 Å². The van der Waals surface area contributed by atoms with Gasteiger partial charge in [-0.25, -0.2) is 4.98 Å². The second kappa shape index (κ2) is 5.53. The molecule has 0 radical (unpaired) electrons. The second-order valence-corrected chi connectivity index (χ2v) is 6.13. The number of carbonyl (C=O) groups is 1. The van der Waals surface area contributed by atoms with E-state index in [-0.39, 0.29) is 12.5 Å². The zero-order chi connectivity index (χ0) is 15.7. The lowest BCUT2D eigenvalue weighted by atomic mass is 9.96. The van der Waals surface area contributed by atoms with Crippen LogP contribution in [0.4, 0.5) is 0 Å². The number of hydrogen-bond acceptors (Lipinski definition) is 4. The van der Waals surface area contributed by atoms with Crippen LogP contribution in [0.15, 0.2) is 24.3 Å². The Morgan fingerprint density at radius 2 is 2.09 bits per heavy atom. The Morgan fingerprint density at radius 1 is 1.41 bits per heavy atom. The fourth-order valence-electron chi connectivity index (χ4n) is 2.57. The summed E-state index contributed by atoms with van der Waals surface area (Å²) < 4.78 is 0. The molecule has 0 aliphatic heterocycles. The third-order valence-electron chi connectivity index (χ3n) is 4.21. The first-order valence-corrected chi connectivity index (χ1v) is 7.44. The van der Waals surface area contributed by atoms with Gasteiger partial charge in [-0.1, -0.05) is 12.1 Å². The molecule has 6 nitrogen and oxygen atoms in total. The average Bonchev–Trinajstić information content (AvgIpc) is 3.30. The van der Waals surface area contributed by atoms with Gasteiger partial charge in [-0.2, -0.15) is 5.10 Å². The van der Waals surface area contributed by atoms with Gasteiger partial charge in [-0.05, 0) is 44.7 Å². The Kier molecular flexibility index (Phi) is 3.70. The molecule has 6 heteroatoms. The minimum Gasteiger partial charge on any atom is -0.394 e. The molecule has 1 heterocycles. The molecule has 1 unspecified atom stereocenters. The normalized spacial score (nSPS) is 17.0. The van der Waals surface area contributed by atoms with Crippen molar-refractivity contribution in [3.8, 4) is 11.4 Å². The molecule has 1 saturated carbocycles. The number of aryl methyl sites for hydroxylation is 1. The van der Waals surface area contributed by atoms with Crippen LogP contribution < -0.4 is 5.32 Å². The fourth-order valence-corrected chi connectivity index (χ4v) is 2.57. The molecule has 1 atom stereocenters.